The highest BCUT2D eigenvalue weighted by Crippen LogP contribution is 2.37. The lowest BCUT2D eigenvalue weighted by atomic mass is 9.81. The van der Waals surface area contributed by atoms with Crippen LogP contribution in [0.4, 0.5) is 5.69 Å². The first-order valence-corrected chi connectivity index (χ1v) is 8.05. The molecule has 3 aliphatic rings. The molecule has 5 nitrogen and oxygen atoms in total. The molecule has 0 bridgehead atoms. The number of amides is 2. The Kier molecular flexibility index (Phi) is 3.18. The molecule has 3 aliphatic heterocycles. The Bertz CT molecular complexity index is 607. The average molecular weight is 299 g/mol. The molecule has 1 aromatic carbocycles. The summed E-state index contributed by atoms with van der Waals surface area (Å²) in [5.41, 5.74) is 2.73. The largest absolute Gasteiger partial charge is 0.371 e. The summed E-state index contributed by atoms with van der Waals surface area (Å²) in [5, 5.41) is 5.81. The Morgan fingerprint density at radius 1 is 1.14 bits per heavy atom. The molecule has 0 aliphatic carbocycles. The van der Waals surface area contributed by atoms with Crippen LogP contribution in [-0.4, -0.2) is 38.0 Å². The van der Waals surface area contributed by atoms with Crippen LogP contribution in [0.25, 0.3) is 0 Å². The van der Waals surface area contributed by atoms with E-state index in [-0.39, 0.29) is 17.7 Å². The van der Waals surface area contributed by atoms with Crippen molar-refractivity contribution in [3.05, 3.63) is 29.8 Å². The number of imide groups is 1. The number of hydrogen-bond acceptors (Lipinski definition) is 4. The molecule has 4 rings (SSSR count). The number of rotatable bonds is 2. The van der Waals surface area contributed by atoms with Crippen LogP contribution in [0.2, 0.25) is 0 Å². The van der Waals surface area contributed by atoms with Crippen LogP contribution < -0.4 is 15.5 Å². The van der Waals surface area contributed by atoms with Gasteiger partial charge < -0.3 is 10.2 Å². The van der Waals surface area contributed by atoms with Gasteiger partial charge in [-0.25, -0.2) is 0 Å². The second-order valence-electron chi connectivity index (χ2n) is 6.87. The van der Waals surface area contributed by atoms with Gasteiger partial charge in [-0.2, -0.15) is 0 Å². The Hall–Kier alpha value is -1.88. The summed E-state index contributed by atoms with van der Waals surface area (Å²) in [7, 11) is 0. The molecule has 0 saturated carbocycles. The molecule has 0 radical (unpaired) electrons. The summed E-state index contributed by atoms with van der Waals surface area (Å²) in [6.45, 7) is 4.51. The Morgan fingerprint density at radius 3 is 2.50 bits per heavy atom. The average Bonchev–Trinajstić information content (AvgIpc) is 2.93. The first-order valence-electron chi connectivity index (χ1n) is 8.05. The van der Waals surface area contributed by atoms with E-state index in [2.05, 4.69) is 27.7 Å². The Balaban J connectivity index is 1.47. The van der Waals surface area contributed by atoms with Crippen LogP contribution in [0.15, 0.2) is 24.3 Å². The van der Waals surface area contributed by atoms with Crippen molar-refractivity contribution < 1.29 is 9.59 Å². The number of benzene rings is 1. The van der Waals surface area contributed by atoms with Gasteiger partial charge in [-0.3, -0.25) is 14.9 Å². The van der Waals surface area contributed by atoms with E-state index in [1.54, 1.807) is 0 Å². The number of nitrogens with zero attached hydrogens (tertiary/aromatic N) is 1. The van der Waals surface area contributed by atoms with Crippen molar-refractivity contribution in [1.29, 1.82) is 0 Å². The fourth-order valence-corrected chi connectivity index (χ4v) is 3.85. The molecule has 1 spiro atoms. The lowest BCUT2D eigenvalue weighted by Gasteiger charge is -2.39. The second-order valence-corrected chi connectivity index (χ2v) is 6.87. The van der Waals surface area contributed by atoms with E-state index < -0.39 is 0 Å². The maximum absolute atomic E-state index is 11.9. The van der Waals surface area contributed by atoms with Crippen molar-refractivity contribution >= 4 is 17.5 Å². The van der Waals surface area contributed by atoms with Crippen LogP contribution in [0.5, 0.6) is 0 Å². The Morgan fingerprint density at radius 2 is 1.91 bits per heavy atom. The molecular formula is C17H21N3O2. The van der Waals surface area contributed by atoms with Gasteiger partial charge in [0, 0.05) is 43.7 Å². The zero-order valence-electron chi connectivity index (χ0n) is 12.6. The van der Waals surface area contributed by atoms with Gasteiger partial charge in [0.2, 0.25) is 11.8 Å². The smallest absolute Gasteiger partial charge is 0.234 e. The molecule has 1 aromatic rings. The summed E-state index contributed by atoms with van der Waals surface area (Å²) < 4.78 is 0. The molecule has 22 heavy (non-hydrogen) atoms. The molecule has 5 heteroatoms. The molecular weight excluding hydrogens is 278 g/mol. The second kappa shape index (κ2) is 5.09. The van der Waals surface area contributed by atoms with Crippen molar-refractivity contribution in [2.24, 2.45) is 5.41 Å². The summed E-state index contributed by atoms with van der Waals surface area (Å²) in [6, 6.07) is 8.31. The van der Waals surface area contributed by atoms with E-state index in [4.69, 9.17) is 0 Å². The molecule has 2 N–H and O–H groups in total. The predicted octanol–water partition coefficient (Wildman–Crippen LogP) is 1.01. The number of carbonyl (C=O) groups is 2. The zero-order valence-corrected chi connectivity index (χ0v) is 12.6. The first-order chi connectivity index (χ1) is 10.7. The van der Waals surface area contributed by atoms with Gasteiger partial charge in [0.1, 0.15) is 0 Å². The number of anilines is 1. The molecule has 3 saturated heterocycles. The van der Waals surface area contributed by atoms with Crippen LogP contribution in [0, 0.1) is 5.41 Å². The highest BCUT2D eigenvalue weighted by molar-refractivity contribution is 6.00. The van der Waals surface area contributed by atoms with Crippen LogP contribution in [-0.2, 0) is 9.59 Å². The summed E-state index contributed by atoms with van der Waals surface area (Å²) >= 11 is 0. The standard InChI is InChI=1S/C17H21N3O2/c21-15-6-5-14(16(22)19-15)12-1-3-13(4-2-12)20-8-7-17(11-20)9-18-10-17/h1-4,14,18H,5-11H2,(H,19,21,22). The van der Waals surface area contributed by atoms with E-state index in [0.717, 1.165) is 31.7 Å². The monoisotopic (exact) mass is 299 g/mol. The van der Waals surface area contributed by atoms with E-state index in [1.165, 1.54) is 12.1 Å². The first kappa shape index (κ1) is 13.8. The summed E-state index contributed by atoms with van der Waals surface area (Å²) in [4.78, 5) is 25.6. The normalized spacial score (nSPS) is 26.9. The maximum atomic E-state index is 11.9. The fourth-order valence-electron chi connectivity index (χ4n) is 3.85. The third kappa shape index (κ3) is 2.29. The maximum Gasteiger partial charge on any atom is 0.234 e. The molecule has 2 amide bonds. The minimum Gasteiger partial charge on any atom is -0.371 e. The third-order valence-corrected chi connectivity index (χ3v) is 5.34. The van der Waals surface area contributed by atoms with E-state index >= 15 is 0 Å². The van der Waals surface area contributed by atoms with Gasteiger partial charge in [0.25, 0.3) is 0 Å². The minimum absolute atomic E-state index is 0.158. The topological polar surface area (TPSA) is 61.4 Å². The van der Waals surface area contributed by atoms with Crippen LogP contribution in [0.1, 0.15) is 30.7 Å². The fraction of sp³-hybridized carbons (Fsp3) is 0.529. The minimum atomic E-state index is -0.187. The molecule has 1 atom stereocenters. The van der Waals surface area contributed by atoms with Gasteiger partial charge in [0.15, 0.2) is 0 Å². The molecule has 0 aromatic heterocycles. The SMILES string of the molecule is O=C1CCC(c2ccc(N3CCC4(CNC4)C3)cc2)C(=O)N1. The highest BCUT2D eigenvalue weighted by atomic mass is 16.2. The molecule has 3 fully saturated rings. The van der Waals surface area contributed by atoms with Gasteiger partial charge in [0.05, 0.1) is 5.92 Å². The molecule has 3 heterocycles. The van der Waals surface area contributed by atoms with Crippen molar-refractivity contribution in [3.63, 3.8) is 0 Å². The quantitative estimate of drug-likeness (QED) is 0.800. The predicted molar refractivity (Wildman–Crippen MR) is 83.7 cm³/mol. The van der Waals surface area contributed by atoms with Gasteiger partial charge >= 0.3 is 0 Å². The van der Waals surface area contributed by atoms with E-state index in [9.17, 15) is 9.59 Å². The summed E-state index contributed by atoms with van der Waals surface area (Å²) in [5.74, 6) is -0.508. The summed E-state index contributed by atoms with van der Waals surface area (Å²) in [6.07, 6.45) is 2.30. The van der Waals surface area contributed by atoms with E-state index in [0.29, 0.717) is 18.3 Å². The number of piperidine rings is 1. The van der Waals surface area contributed by atoms with Gasteiger partial charge in [-0.1, -0.05) is 12.1 Å². The van der Waals surface area contributed by atoms with Crippen LogP contribution >= 0.6 is 0 Å². The lowest BCUT2D eigenvalue weighted by molar-refractivity contribution is -0.134. The van der Waals surface area contributed by atoms with Gasteiger partial charge in [-0.15, -0.1) is 0 Å². The zero-order chi connectivity index (χ0) is 15.2. The lowest BCUT2D eigenvalue weighted by Crippen LogP contribution is -2.54. The van der Waals surface area contributed by atoms with Gasteiger partial charge in [-0.05, 0) is 30.5 Å². The van der Waals surface area contributed by atoms with Crippen molar-refractivity contribution in [2.75, 3.05) is 31.1 Å². The third-order valence-electron chi connectivity index (χ3n) is 5.34. The number of hydrogen-bond donors (Lipinski definition) is 2. The molecule has 116 valence electrons. The number of carbonyl (C=O) groups excluding carboxylic acids is 2. The van der Waals surface area contributed by atoms with Crippen LogP contribution in [0.3, 0.4) is 0 Å². The highest BCUT2D eigenvalue weighted by Gasteiger charge is 2.42. The van der Waals surface area contributed by atoms with Crippen molar-refractivity contribution in [3.8, 4) is 0 Å². The van der Waals surface area contributed by atoms with Crippen molar-refractivity contribution in [2.45, 2.75) is 25.2 Å². The number of nitrogens with one attached hydrogen (secondary N) is 2. The molecule has 1 unspecified atom stereocenters. The van der Waals surface area contributed by atoms with E-state index in [1.807, 2.05) is 12.1 Å². The van der Waals surface area contributed by atoms with Crippen molar-refractivity contribution in [1.82, 2.24) is 10.6 Å². The Labute approximate surface area is 130 Å².